The first-order valence-corrected chi connectivity index (χ1v) is 6.17. The number of fused-ring (bicyclic) bond motifs is 1. The molecule has 19 heavy (non-hydrogen) atoms. The predicted molar refractivity (Wildman–Crippen MR) is 74.4 cm³/mol. The Hall–Kier alpha value is -2.20. The van der Waals surface area contributed by atoms with Crippen LogP contribution in [0.3, 0.4) is 0 Å². The van der Waals surface area contributed by atoms with Gasteiger partial charge in [0, 0.05) is 11.6 Å². The number of para-hydroxylation sites is 1. The summed E-state index contributed by atoms with van der Waals surface area (Å²) < 4.78 is 1.78. The molecule has 0 saturated carbocycles. The van der Waals surface area contributed by atoms with Crippen molar-refractivity contribution in [3.63, 3.8) is 0 Å². The summed E-state index contributed by atoms with van der Waals surface area (Å²) in [5.74, 6) is 0. The van der Waals surface area contributed by atoms with Crippen molar-refractivity contribution in [1.82, 2.24) is 14.8 Å². The molecular formula is C14H10ClN3O. The van der Waals surface area contributed by atoms with Gasteiger partial charge in [0.05, 0.1) is 18.3 Å². The molecule has 0 aliphatic rings. The van der Waals surface area contributed by atoms with E-state index in [1.807, 2.05) is 24.3 Å². The predicted octanol–water partition coefficient (Wildman–Crippen LogP) is 2.49. The first kappa shape index (κ1) is 11.9. The van der Waals surface area contributed by atoms with E-state index < -0.39 is 0 Å². The van der Waals surface area contributed by atoms with Crippen LogP contribution in [-0.4, -0.2) is 14.8 Å². The first-order chi connectivity index (χ1) is 9.24. The summed E-state index contributed by atoms with van der Waals surface area (Å²) >= 11 is 5.86. The molecule has 2 aromatic heterocycles. The molecule has 5 heteroatoms. The number of hydrogen-bond acceptors (Lipinski definition) is 3. The third kappa shape index (κ3) is 2.35. The van der Waals surface area contributed by atoms with Gasteiger partial charge in [-0.3, -0.25) is 9.48 Å². The van der Waals surface area contributed by atoms with Crippen molar-refractivity contribution in [3.8, 4) is 0 Å². The zero-order valence-electron chi connectivity index (χ0n) is 9.95. The minimum atomic E-state index is -0.0698. The van der Waals surface area contributed by atoms with Gasteiger partial charge < -0.3 is 0 Å². The van der Waals surface area contributed by atoms with E-state index in [1.165, 1.54) is 6.20 Å². The van der Waals surface area contributed by atoms with Crippen LogP contribution in [0.5, 0.6) is 0 Å². The lowest BCUT2D eigenvalue weighted by molar-refractivity contribution is 0.694. The highest BCUT2D eigenvalue weighted by molar-refractivity contribution is 6.29. The van der Waals surface area contributed by atoms with Crippen molar-refractivity contribution in [3.05, 3.63) is 69.7 Å². The molecule has 3 rings (SSSR count). The average Bonchev–Trinajstić information content (AvgIpc) is 2.42. The highest BCUT2D eigenvalue weighted by Gasteiger charge is 2.04. The molecule has 0 atom stereocenters. The van der Waals surface area contributed by atoms with Crippen molar-refractivity contribution in [2.75, 3.05) is 0 Å². The van der Waals surface area contributed by atoms with Crippen LogP contribution in [0.15, 0.2) is 53.6 Å². The molecule has 0 aliphatic carbocycles. The van der Waals surface area contributed by atoms with Crippen LogP contribution in [0, 0.1) is 0 Å². The minimum Gasteiger partial charge on any atom is -0.287 e. The van der Waals surface area contributed by atoms with E-state index in [-0.39, 0.29) is 5.43 Å². The standard InChI is InChI=1S/C14H10ClN3O/c15-14-7-10(5-6-16-14)9-18-12-4-2-1-3-11(12)13(19)8-17-18/h1-8H,9H2. The average molecular weight is 272 g/mol. The molecule has 0 N–H and O–H groups in total. The van der Waals surface area contributed by atoms with Gasteiger partial charge in [0.15, 0.2) is 0 Å². The molecule has 0 fully saturated rings. The smallest absolute Gasteiger partial charge is 0.207 e. The zero-order valence-corrected chi connectivity index (χ0v) is 10.7. The number of aromatic nitrogens is 3. The van der Waals surface area contributed by atoms with E-state index in [0.717, 1.165) is 11.1 Å². The number of halogens is 1. The highest BCUT2D eigenvalue weighted by atomic mass is 35.5. The molecule has 0 radical (unpaired) electrons. The second kappa shape index (κ2) is 4.82. The fraction of sp³-hybridized carbons (Fsp3) is 0.0714. The molecule has 1 aromatic carbocycles. The maximum Gasteiger partial charge on any atom is 0.207 e. The van der Waals surface area contributed by atoms with Crippen LogP contribution >= 0.6 is 11.6 Å². The van der Waals surface area contributed by atoms with Gasteiger partial charge in [-0.2, -0.15) is 5.10 Å². The number of benzene rings is 1. The number of pyridine rings is 1. The van der Waals surface area contributed by atoms with Crippen LogP contribution in [0.25, 0.3) is 10.9 Å². The van der Waals surface area contributed by atoms with Crippen molar-refractivity contribution >= 4 is 22.5 Å². The fourth-order valence-corrected chi connectivity index (χ4v) is 2.20. The minimum absolute atomic E-state index is 0.0698. The monoisotopic (exact) mass is 271 g/mol. The second-order valence-corrected chi connectivity index (χ2v) is 4.56. The van der Waals surface area contributed by atoms with Gasteiger partial charge >= 0.3 is 0 Å². The highest BCUT2D eigenvalue weighted by Crippen LogP contribution is 2.12. The van der Waals surface area contributed by atoms with Crippen LogP contribution < -0.4 is 5.43 Å². The Labute approximate surface area is 114 Å². The van der Waals surface area contributed by atoms with E-state index in [4.69, 9.17) is 11.6 Å². The Morgan fingerprint density at radius 3 is 2.89 bits per heavy atom. The Kier molecular flexibility index (Phi) is 3.01. The second-order valence-electron chi connectivity index (χ2n) is 4.17. The largest absolute Gasteiger partial charge is 0.287 e. The number of nitrogens with zero attached hydrogens (tertiary/aromatic N) is 3. The topological polar surface area (TPSA) is 47.8 Å². The van der Waals surface area contributed by atoms with Gasteiger partial charge in [0.25, 0.3) is 0 Å². The SMILES string of the molecule is O=c1cnn(Cc2ccnc(Cl)c2)c2ccccc12. The van der Waals surface area contributed by atoms with E-state index in [0.29, 0.717) is 17.1 Å². The summed E-state index contributed by atoms with van der Waals surface area (Å²) in [4.78, 5) is 15.7. The van der Waals surface area contributed by atoms with E-state index in [2.05, 4.69) is 10.1 Å². The van der Waals surface area contributed by atoms with Crippen molar-refractivity contribution in [2.24, 2.45) is 0 Å². The molecule has 94 valence electrons. The van der Waals surface area contributed by atoms with Gasteiger partial charge in [-0.1, -0.05) is 23.7 Å². The fourth-order valence-electron chi connectivity index (χ4n) is 2.00. The summed E-state index contributed by atoms with van der Waals surface area (Å²) in [6.07, 6.45) is 2.99. The van der Waals surface area contributed by atoms with Gasteiger partial charge in [0.2, 0.25) is 5.43 Å². The van der Waals surface area contributed by atoms with Crippen molar-refractivity contribution < 1.29 is 0 Å². The Bertz CT molecular complexity index is 798. The molecule has 2 heterocycles. The van der Waals surface area contributed by atoms with Crippen LogP contribution in [0.1, 0.15) is 5.56 Å². The third-order valence-corrected chi connectivity index (χ3v) is 3.09. The van der Waals surface area contributed by atoms with E-state index in [9.17, 15) is 4.79 Å². The van der Waals surface area contributed by atoms with Crippen LogP contribution in [0.4, 0.5) is 0 Å². The Morgan fingerprint density at radius 2 is 2.05 bits per heavy atom. The van der Waals surface area contributed by atoms with Gasteiger partial charge in [-0.05, 0) is 29.8 Å². The molecule has 0 amide bonds. The van der Waals surface area contributed by atoms with Crippen molar-refractivity contribution in [1.29, 1.82) is 0 Å². The molecule has 0 aliphatic heterocycles. The summed E-state index contributed by atoms with van der Waals surface area (Å²) in [5.41, 5.74) is 1.73. The molecule has 0 spiro atoms. The number of rotatable bonds is 2. The molecular weight excluding hydrogens is 262 g/mol. The normalized spacial score (nSPS) is 10.8. The zero-order chi connectivity index (χ0) is 13.2. The van der Waals surface area contributed by atoms with Gasteiger partial charge in [0.1, 0.15) is 5.15 Å². The quantitative estimate of drug-likeness (QED) is 0.673. The van der Waals surface area contributed by atoms with Crippen molar-refractivity contribution in [2.45, 2.75) is 6.54 Å². The molecule has 0 bridgehead atoms. The summed E-state index contributed by atoms with van der Waals surface area (Å²) in [6.45, 7) is 0.545. The van der Waals surface area contributed by atoms with Gasteiger partial charge in [-0.25, -0.2) is 4.98 Å². The molecule has 3 aromatic rings. The lowest BCUT2D eigenvalue weighted by atomic mass is 10.2. The third-order valence-electron chi connectivity index (χ3n) is 2.89. The lowest BCUT2D eigenvalue weighted by Crippen LogP contribution is -2.12. The molecule has 0 unspecified atom stereocenters. The molecule has 4 nitrogen and oxygen atoms in total. The van der Waals surface area contributed by atoms with Crippen LogP contribution in [-0.2, 0) is 6.54 Å². The summed E-state index contributed by atoms with van der Waals surface area (Å²) in [5, 5.41) is 5.28. The Balaban J connectivity index is 2.11. The maximum atomic E-state index is 11.7. The van der Waals surface area contributed by atoms with E-state index in [1.54, 1.807) is 23.0 Å². The lowest BCUT2D eigenvalue weighted by Gasteiger charge is -2.09. The first-order valence-electron chi connectivity index (χ1n) is 5.79. The van der Waals surface area contributed by atoms with Gasteiger partial charge in [-0.15, -0.1) is 0 Å². The molecule has 0 saturated heterocycles. The number of hydrogen-bond donors (Lipinski definition) is 0. The maximum absolute atomic E-state index is 11.7. The Morgan fingerprint density at radius 1 is 1.21 bits per heavy atom. The van der Waals surface area contributed by atoms with E-state index >= 15 is 0 Å². The summed E-state index contributed by atoms with van der Waals surface area (Å²) in [6, 6.07) is 11.1. The van der Waals surface area contributed by atoms with Crippen LogP contribution in [0.2, 0.25) is 5.15 Å². The summed E-state index contributed by atoms with van der Waals surface area (Å²) in [7, 11) is 0.